The van der Waals surface area contributed by atoms with Gasteiger partial charge in [-0.3, -0.25) is 9.69 Å². The molecule has 29 heavy (non-hydrogen) atoms. The number of carbonyl (C=O) groups is 1. The van der Waals surface area contributed by atoms with Crippen molar-refractivity contribution >= 4 is 11.6 Å². The molecular formula is C24H30N2O3. The van der Waals surface area contributed by atoms with Crippen molar-refractivity contribution in [3.63, 3.8) is 0 Å². The quantitative estimate of drug-likeness (QED) is 0.820. The lowest BCUT2D eigenvalue weighted by atomic mass is 9.97. The minimum absolute atomic E-state index is 0.00212. The Morgan fingerprint density at radius 3 is 2.14 bits per heavy atom. The van der Waals surface area contributed by atoms with Gasteiger partial charge in [0, 0.05) is 31.6 Å². The smallest absolute Gasteiger partial charge is 0.246 e. The number of hydrogen-bond acceptors (Lipinski definition) is 4. The van der Waals surface area contributed by atoms with Gasteiger partial charge in [-0.15, -0.1) is 0 Å². The van der Waals surface area contributed by atoms with Gasteiger partial charge < -0.3 is 14.8 Å². The van der Waals surface area contributed by atoms with Gasteiger partial charge in [-0.1, -0.05) is 56.3 Å². The molecule has 4 rings (SSSR count). The standard InChI is InChI=1S/C24H30N2O3/c1-18(2)19-8-10-21(11-9-19)25-23(27)22(20-6-4-3-5-7-20)26-14-12-24(13-15-26)28-16-17-29-24/h3-11,18,22H,12-17H2,1-2H3,(H,25,27). The molecule has 1 N–H and O–H groups in total. The number of benzene rings is 2. The van der Waals surface area contributed by atoms with E-state index >= 15 is 0 Å². The van der Waals surface area contributed by atoms with E-state index in [2.05, 4.69) is 36.2 Å². The van der Waals surface area contributed by atoms with Crippen LogP contribution in [-0.2, 0) is 14.3 Å². The fourth-order valence-corrected chi connectivity index (χ4v) is 4.23. The van der Waals surface area contributed by atoms with Crippen LogP contribution in [0.4, 0.5) is 5.69 Å². The van der Waals surface area contributed by atoms with Gasteiger partial charge in [0.25, 0.3) is 0 Å². The average Bonchev–Trinajstić information content (AvgIpc) is 3.19. The minimum atomic E-state index is -0.444. The van der Waals surface area contributed by atoms with Crippen molar-refractivity contribution in [2.24, 2.45) is 0 Å². The number of hydrogen-bond donors (Lipinski definition) is 1. The second-order valence-corrected chi connectivity index (χ2v) is 8.22. The SMILES string of the molecule is CC(C)c1ccc(NC(=O)C(c2ccccc2)N2CCC3(CC2)OCCO3)cc1. The van der Waals surface area contributed by atoms with Gasteiger partial charge in [0.15, 0.2) is 5.79 Å². The summed E-state index contributed by atoms with van der Waals surface area (Å²) in [5.41, 5.74) is 3.10. The first kappa shape index (κ1) is 20.1. The lowest BCUT2D eigenvalue weighted by molar-refractivity contribution is -0.188. The van der Waals surface area contributed by atoms with E-state index in [-0.39, 0.29) is 11.9 Å². The number of likely N-dealkylation sites (tertiary alicyclic amines) is 1. The summed E-state index contributed by atoms with van der Waals surface area (Å²) in [6.45, 7) is 7.18. The van der Waals surface area contributed by atoms with Crippen molar-refractivity contribution in [1.29, 1.82) is 0 Å². The first-order chi connectivity index (χ1) is 14.1. The Hall–Kier alpha value is -2.21. The van der Waals surface area contributed by atoms with E-state index < -0.39 is 5.79 Å². The van der Waals surface area contributed by atoms with Crippen LogP contribution >= 0.6 is 0 Å². The van der Waals surface area contributed by atoms with Gasteiger partial charge in [-0.25, -0.2) is 0 Å². The van der Waals surface area contributed by atoms with Crippen molar-refractivity contribution in [3.05, 3.63) is 65.7 Å². The average molecular weight is 395 g/mol. The molecule has 1 spiro atoms. The van der Waals surface area contributed by atoms with E-state index in [0.29, 0.717) is 19.1 Å². The molecule has 0 aromatic heterocycles. The van der Waals surface area contributed by atoms with Gasteiger partial charge in [0.2, 0.25) is 5.91 Å². The summed E-state index contributed by atoms with van der Waals surface area (Å²) in [4.78, 5) is 15.6. The van der Waals surface area contributed by atoms with Crippen molar-refractivity contribution < 1.29 is 14.3 Å². The number of nitrogens with one attached hydrogen (secondary N) is 1. The number of amides is 1. The largest absolute Gasteiger partial charge is 0.347 e. The third kappa shape index (κ3) is 4.53. The normalized spacial score (nSPS) is 20.1. The van der Waals surface area contributed by atoms with Gasteiger partial charge >= 0.3 is 0 Å². The highest BCUT2D eigenvalue weighted by atomic mass is 16.7. The van der Waals surface area contributed by atoms with Crippen LogP contribution in [0.15, 0.2) is 54.6 Å². The number of anilines is 1. The lowest BCUT2D eigenvalue weighted by Gasteiger charge is -2.40. The third-order valence-electron chi connectivity index (χ3n) is 5.95. The first-order valence-corrected chi connectivity index (χ1v) is 10.5. The Labute approximate surface area is 173 Å². The van der Waals surface area contributed by atoms with Crippen LogP contribution in [0.25, 0.3) is 0 Å². The van der Waals surface area contributed by atoms with Crippen LogP contribution < -0.4 is 5.32 Å². The number of carbonyl (C=O) groups excluding carboxylic acids is 1. The highest BCUT2D eigenvalue weighted by molar-refractivity contribution is 5.95. The zero-order valence-electron chi connectivity index (χ0n) is 17.3. The maximum absolute atomic E-state index is 13.3. The molecule has 2 aliphatic rings. The molecule has 5 heteroatoms. The first-order valence-electron chi connectivity index (χ1n) is 10.5. The van der Waals surface area contributed by atoms with Gasteiger partial charge in [-0.2, -0.15) is 0 Å². The summed E-state index contributed by atoms with van der Waals surface area (Å²) in [7, 11) is 0. The minimum Gasteiger partial charge on any atom is -0.347 e. The molecule has 154 valence electrons. The number of nitrogens with zero attached hydrogens (tertiary/aromatic N) is 1. The summed E-state index contributed by atoms with van der Waals surface area (Å²) < 4.78 is 11.7. The van der Waals surface area contributed by atoms with Crippen molar-refractivity contribution in [1.82, 2.24) is 4.90 Å². The predicted octanol–water partition coefficient (Wildman–Crippen LogP) is 4.33. The highest BCUT2D eigenvalue weighted by Gasteiger charge is 2.42. The van der Waals surface area contributed by atoms with E-state index in [9.17, 15) is 4.79 Å². The van der Waals surface area contributed by atoms with Crippen molar-refractivity contribution in [3.8, 4) is 0 Å². The Morgan fingerprint density at radius 2 is 1.55 bits per heavy atom. The second kappa shape index (κ2) is 8.66. The van der Waals surface area contributed by atoms with Crippen LogP contribution in [0.1, 0.15) is 49.8 Å². The monoisotopic (exact) mass is 394 g/mol. The third-order valence-corrected chi connectivity index (χ3v) is 5.95. The molecular weight excluding hydrogens is 364 g/mol. The fourth-order valence-electron chi connectivity index (χ4n) is 4.23. The van der Waals surface area contributed by atoms with E-state index in [1.54, 1.807) is 0 Å². The second-order valence-electron chi connectivity index (χ2n) is 8.22. The molecule has 2 aliphatic heterocycles. The maximum Gasteiger partial charge on any atom is 0.246 e. The Bertz CT molecular complexity index is 804. The van der Waals surface area contributed by atoms with E-state index in [1.165, 1.54) is 5.56 Å². The summed E-state index contributed by atoms with van der Waals surface area (Å²) in [6, 6.07) is 17.8. The zero-order chi connectivity index (χ0) is 20.3. The van der Waals surface area contributed by atoms with E-state index in [1.807, 2.05) is 42.5 Å². The number of piperidine rings is 1. The Kier molecular flexibility index (Phi) is 5.99. The molecule has 5 nitrogen and oxygen atoms in total. The van der Waals surface area contributed by atoms with E-state index in [0.717, 1.165) is 37.2 Å². The molecule has 0 saturated carbocycles. The molecule has 1 atom stereocenters. The summed E-state index contributed by atoms with van der Waals surface area (Å²) in [5.74, 6) is 0.0242. The Morgan fingerprint density at radius 1 is 0.931 bits per heavy atom. The van der Waals surface area contributed by atoms with Crippen LogP contribution in [0.5, 0.6) is 0 Å². The highest BCUT2D eigenvalue weighted by Crippen LogP contribution is 2.35. The summed E-state index contributed by atoms with van der Waals surface area (Å²) in [6.07, 6.45) is 1.57. The molecule has 0 aliphatic carbocycles. The summed E-state index contributed by atoms with van der Waals surface area (Å²) in [5, 5.41) is 3.12. The van der Waals surface area contributed by atoms with Crippen LogP contribution in [0, 0.1) is 0 Å². The maximum atomic E-state index is 13.3. The summed E-state index contributed by atoms with van der Waals surface area (Å²) >= 11 is 0. The van der Waals surface area contributed by atoms with Crippen molar-refractivity contribution in [2.45, 2.75) is 44.4 Å². The predicted molar refractivity (Wildman–Crippen MR) is 114 cm³/mol. The van der Waals surface area contributed by atoms with Gasteiger partial charge in [0.1, 0.15) is 6.04 Å². The lowest BCUT2D eigenvalue weighted by Crippen LogP contribution is -2.48. The topological polar surface area (TPSA) is 50.8 Å². The molecule has 2 aromatic carbocycles. The number of rotatable bonds is 5. The zero-order valence-corrected chi connectivity index (χ0v) is 17.3. The fraction of sp³-hybridized carbons (Fsp3) is 0.458. The number of ether oxygens (including phenoxy) is 2. The van der Waals surface area contributed by atoms with Crippen molar-refractivity contribution in [2.75, 3.05) is 31.6 Å². The molecule has 1 unspecified atom stereocenters. The molecule has 2 heterocycles. The van der Waals surface area contributed by atoms with E-state index in [4.69, 9.17) is 9.47 Å². The van der Waals surface area contributed by atoms with Gasteiger partial charge in [-0.05, 0) is 29.2 Å². The molecule has 2 fully saturated rings. The molecule has 2 saturated heterocycles. The van der Waals surface area contributed by atoms with Crippen LogP contribution in [0.2, 0.25) is 0 Å². The van der Waals surface area contributed by atoms with Gasteiger partial charge in [0.05, 0.1) is 13.2 Å². The molecule has 1 amide bonds. The molecule has 0 radical (unpaired) electrons. The van der Waals surface area contributed by atoms with Crippen LogP contribution in [0.3, 0.4) is 0 Å². The molecule has 0 bridgehead atoms. The molecule has 2 aromatic rings. The Balaban J connectivity index is 1.50. The van der Waals surface area contributed by atoms with Crippen LogP contribution in [-0.4, -0.2) is 42.9 Å².